The van der Waals surface area contributed by atoms with E-state index in [1.54, 1.807) is 0 Å². The lowest BCUT2D eigenvalue weighted by molar-refractivity contribution is -0.136. The van der Waals surface area contributed by atoms with E-state index in [1.807, 2.05) is 0 Å². The molecule has 2 rings (SSSR count). The second-order valence-corrected chi connectivity index (χ2v) is 4.62. The Hall–Kier alpha value is -1.82. The maximum Gasteiger partial charge on any atom is 0.311 e. The summed E-state index contributed by atoms with van der Waals surface area (Å²) in [5, 5.41) is 11.5. The molecule has 19 heavy (non-hydrogen) atoms. The Morgan fingerprint density at radius 1 is 1.47 bits per heavy atom. The van der Waals surface area contributed by atoms with Crippen LogP contribution in [0.1, 0.15) is 29.0 Å². The van der Waals surface area contributed by atoms with Crippen molar-refractivity contribution in [2.45, 2.75) is 19.3 Å². The van der Waals surface area contributed by atoms with Crippen LogP contribution in [-0.4, -0.2) is 36.7 Å². The van der Waals surface area contributed by atoms with E-state index in [2.05, 4.69) is 5.32 Å². The van der Waals surface area contributed by atoms with E-state index in [0.29, 0.717) is 24.6 Å². The topological polar surface area (TPSA) is 88.8 Å². The molecular weight excluding hydrogens is 250 g/mol. The van der Waals surface area contributed by atoms with Crippen molar-refractivity contribution < 1.29 is 23.8 Å². The molecule has 2 heterocycles. The number of amides is 1. The number of aliphatic carboxylic acids is 1. The first-order valence-corrected chi connectivity index (χ1v) is 6.31. The van der Waals surface area contributed by atoms with Crippen LogP contribution in [-0.2, 0) is 16.0 Å². The average Bonchev–Trinajstić information content (AvgIpc) is 2.84. The smallest absolute Gasteiger partial charge is 0.311 e. The molecule has 0 bridgehead atoms. The van der Waals surface area contributed by atoms with Gasteiger partial charge in [-0.05, 0) is 24.8 Å². The van der Waals surface area contributed by atoms with Gasteiger partial charge in [-0.1, -0.05) is 0 Å². The monoisotopic (exact) mass is 267 g/mol. The first-order valence-electron chi connectivity index (χ1n) is 6.31. The maximum absolute atomic E-state index is 11.9. The molecule has 1 aliphatic rings. The van der Waals surface area contributed by atoms with Gasteiger partial charge in [0, 0.05) is 13.2 Å². The summed E-state index contributed by atoms with van der Waals surface area (Å²) in [7, 11) is 0. The van der Waals surface area contributed by atoms with Gasteiger partial charge in [-0.2, -0.15) is 0 Å². The zero-order valence-electron chi connectivity index (χ0n) is 10.6. The van der Waals surface area contributed by atoms with Gasteiger partial charge in [-0.3, -0.25) is 9.59 Å². The molecule has 0 radical (unpaired) electrons. The average molecular weight is 267 g/mol. The van der Waals surface area contributed by atoms with Gasteiger partial charge in [0.2, 0.25) is 0 Å². The lowest BCUT2D eigenvalue weighted by Crippen LogP contribution is -2.33. The Balaban J connectivity index is 1.88. The second-order valence-electron chi connectivity index (χ2n) is 4.62. The van der Waals surface area contributed by atoms with Gasteiger partial charge in [0.1, 0.15) is 12.2 Å². The minimum Gasteiger partial charge on any atom is -0.481 e. The van der Waals surface area contributed by atoms with E-state index >= 15 is 0 Å². The van der Waals surface area contributed by atoms with Crippen molar-refractivity contribution in [3.63, 3.8) is 0 Å². The Labute approximate surface area is 110 Å². The molecule has 104 valence electrons. The van der Waals surface area contributed by atoms with E-state index in [4.69, 9.17) is 14.3 Å². The predicted molar refractivity (Wildman–Crippen MR) is 65.9 cm³/mol. The lowest BCUT2D eigenvalue weighted by Gasteiger charge is -2.22. The Morgan fingerprint density at radius 3 is 3.00 bits per heavy atom. The van der Waals surface area contributed by atoms with Gasteiger partial charge in [-0.15, -0.1) is 0 Å². The fraction of sp³-hybridized carbons (Fsp3) is 0.538. The molecule has 1 fully saturated rings. The largest absolute Gasteiger partial charge is 0.481 e. The minimum absolute atomic E-state index is 0.185. The summed E-state index contributed by atoms with van der Waals surface area (Å²) in [6, 6.07) is 1.49. The first-order chi connectivity index (χ1) is 9.16. The summed E-state index contributed by atoms with van der Waals surface area (Å²) in [4.78, 5) is 22.6. The molecule has 2 N–H and O–H groups in total. The number of nitrogens with one attached hydrogen (secondary N) is 1. The van der Waals surface area contributed by atoms with Crippen molar-refractivity contribution in [3.8, 4) is 0 Å². The van der Waals surface area contributed by atoms with Gasteiger partial charge in [0.05, 0.1) is 18.4 Å². The van der Waals surface area contributed by atoms with Gasteiger partial charge in [0.25, 0.3) is 5.91 Å². The number of carbonyl (C=O) groups is 2. The SMILES string of the molecule is O=C(O)Cc1occc1C(=O)NCC1CCCOC1. The Morgan fingerprint density at radius 2 is 2.32 bits per heavy atom. The van der Waals surface area contributed by atoms with Crippen LogP contribution in [0.25, 0.3) is 0 Å². The number of carboxylic acid groups (broad SMARTS) is 1. The van der Waals surface area contributed by atoms with Crippen LogP contribution in [0.5, 0.6) is 0 Å². The molecule has 6 nitrogen and oxygen atoms in total. The molecule has 0 aliphatic carbocycles. The molecule has 1 atom stereocenters. The number of rotatable bonds is 5. The van der Waals surface area contributed by atoms with Crippen LogP contribution in [0.15, 0.2) is 16.7 Å². The molecule has 1 aromatic heterocycles. The summed E-state index contributed by atoms with van der Waals surface area (Å²) >= 11 is 0. The van der Waals surface area contributed by atoms with E-state index in [-0.39, 0.29) is 18.1 Å². The van der Waals surface area contributed by atoms with Crippen molar-refractivity contribution in [1.82, 2.24) is 5.32 Å². The zero-order valence-corrected chi connectivity index (χ0v) is 10.6. The van der Waals surface area contributed by atoms with Crippen LogP contribution in [0.3, 0.4) is 0 Å². The molecule has 1 saturated heterocycles. The van der Waals surface area contributed by atoms with E-state index in [9.17, 15) is 9.59 Å². The third-order valence-electron chi connectivity index (χ3n) is 3.11. The fourth-order valence-electron chi connectivity index (χ4n) is 2.12. The predicted octanol–water partition coefficient (Wildman–Crippen LogP) is 1.06. The summed E-state index contributed by atoms with van der Waals surface area (Å²) in [5.74, 6) is -0.808. The van der Waals surface area contributed by atoms with E-state index in [0.717, 1.165) is 19.4 Å². The van der Waals surface area contributed by atoms with E-state index < -0.39 is 5.97 Å². The zero-order chi connectivity index (χ0) is 13.7. The number of furan rings is 1. The molecule has 1 aliphatic heterocycles. The first kappa shape index (κ1) is 13.6. The molecule has 6 heteroatoms. The summed E-state index contributed by atoms with van der Waals surface area (Å²) in [5.41, 5.74) is 0.291. The van der Waals surface area contributed by atoms with Crippen LogP contribution in [0.2, 0.25) is 0 Å². The molecule has 0 saturated carbocycles. The number of hydrogen-bond donors (Lipinski definition) is 2. The van der Waals surface area contributed by atoms with Crippen LogP contribution in [0, 0.1) is 5.92 Å². The summed E-state index contributed by atoms with van der Waals surface area (Å²) in [6.45, 7) is 1.99. The minimum atomic E-state index is -1.02. The van der Waals surface area contributed by atoms with Gasteiger partial charge in [0.15, 0.2) is 0 Å². The molecule has 1 aromatic rings. The standard InChI is InChI=1S/C13H17NO5/c15-12(16)6-11-10(3-5-19-11)13(17)14-7-9-2-1-4-18-8-9/h3,5,9H,1-2,4,6-8H2,(H,14,17)(H,15,16). The number of hydrogen-bond acceptors (Lipinski definition) is 4. The quantitative estimate of drug-likeness (QED) is 0.832. The van der Waals surface area contributed by atoms with Crippen LogP contribution < -0.4 is 5.32 Å². The van der Waals surface area contributed by atoms with Crippen molar-refractivity contribution in [2.24, 2.45) is 5.92 Å². The van der Waals surface area contributed by atoms with Crippen molar-refractivity contribution in [2.75, 3.05) is 19.8 Å². The Kier molecular flexibility index (Phi) is 4.57. The highest BCUT2D eigenvalue weighted by Gasteiger charge is 2.19. The molecule has 0 spiro atoms. The molecule has 1 amide bonds. The number of carboxylic acids is 1. The van der Waals surface area contributed by atoms with Crippen molar-refractivity contribution in [3.05, 3.63) is 23.7 Å². The van der Waals surface area contributed by atoms with Crippen molar-refractivity contribution in [1.29, 1.82) is 0 Å². The van der Waals surface area contributed by atoms with Gasteiger partial charge >= 0.3 is 5.97 Å². The van der Waals surface area contributed by atoms with Crippen LogP contribution in [0.4, 0.5) is 0 Å². The highest BCUT2D eigenvalue weighted by atomic mass is 16.5. The Bertz CT molecular complexity index is 448. The molecule has 0 aromatic carbocycles. The molecule has 1 unspecified atom stereocenters. The summed E-state index contributed by atoms with van der Waals surface area (Å²) < 4.78 is 10.4. The third-order valence-corrected chi connectivity index (χ3v) is 3.11. The highest BCUT2D eigenvalue weighted by Crippen LogP contribution is 2.14. The fourth-order valence-corrected chi connectivity index (χ4v) is 2.12. The normalized spacial score (nSPS) is 19.1. The number of carbonyl (C=O) groups excluding carboxylic acids is 1. The summed E-state index contributed by atoms with van der Waals surface area (Å²) in [6.07, 6.45) is 3.09. The molecular formula is C13H17NO5. The highest BCUT2D eigenvalue weighted by molar-refractivity contribution is 5.95. The number of ether oxygens (including phenoxy) is 1. The third kappa shape index (κ3) is 3.82. The van der Waals surface area contributed by atoms with Gasteiger partial charge < -0.3 is 19.6 Å². The van der Waals surface area contributed by atoms with Crippen molar-refractivity contribution >= 4 is 11.9 Å². The maximum atomic E-state index is 11.9. The van der Waals surface area contributed by atoms with E-state index in [1.165, 1.54) is 12.3 Å². The van der Waals surface area contributed by atoms with Gasteiger partial charge in [-0.25, -0.2) is 0 Å². The van der Waals surface area contributed by atoms with Crippen LogP contribution >= 0.6 is 0 Å². The lowest BCUT2D eigenvalue weighted by atomic mass is 10.0. The second kappa shape index (κ2) is 6.38.